The summed E-state index contributed by atoms with van der Waals surface area (Å²) in [5.41, 5.74) is 10.9. The molecule has 0 aromatic heterocycles. The summed E-state index contributed by atoms with van der Waals surface area (Å²) >= 11 is 9.26. The highest BCUT2D eigenvalue weighted by Gasteiger charge is 2.19. The van der Waals surface area contributed by atoms with Crippen LogP contribution < -0.4 is 5.73 Å². The van der Waals surface area contributed by atoms with E-state index in [1.165, 1.54) is 11.6 Å². The van der Waals surface area contributed by atoms with Gasteiger partial charge in [-0.3, -0.25) is 0 Å². The van der Waals surface area contributed by atoms with E-state index in [0.29, 0.717) is 15.1 Å². The van der Waals surface area contributed by atoms with E-state index in [-0.39, 0.29) is 5.82 Å². The van der Waals surface area contributed by atoms with E-state index in [1.807, 2.05) is 20.8 Å². The number of nitrogens with two attached hydrogens (primary N) is 1. The van der Waals surface area contributed by atoms with Crippen LogP contribution in [-0.4, -0.2) is 0 Å². The fourth-order valence-corrected chi connectivity index (χ4v) is 3.10. The van der Waals surface area contributed by atoms with E-state index < -0.39 is 6.04 Å². The average molecular weight is 357 g/mol. The van der Waals surface area contributed by atoms with Crippen LogP contribution in [0.5, 0.6) is 0 Å². The molecule has 2 aromatic carbocycles. The zero-order chi connectivity index (χ0) is 15.0. The summed E-state index contributed by atoms with van der Waals surface area (Å²) in [5, 5.41) is 0.458. The second-order valence-corrected chi connectivity index (χ2v) is 6.34. The van der Waals surface area contributed by atoms with Crippen molar-refractivity contribution in [1.82, 2.24) is 0 Å². The van der Waals surface area contributed by atoms with E-state index in [1.54, 1.807) is 6.07 Å². The standard InChI is InChI=1S/C16H16BrClFN/c1-8-4-9(2)15(10(3)5-8)16(20)11-6-13(18)12(17)7-14(11)19/h4-7,16H,20H2,1-3H3. The third-order valence-electron chi connectivity index (χ3n) is 3.42. The quantitative estimate of drug-likeness (QED) is 0.734. The molecule has 1 nitrogen and oxygen atoms in total. The first-order valence-electron chi connectivity index (χ1n) is 6.29. The van der Waals surface area contributed by atoms with Gasteiger partial charge in [-0.05, 0) is 65.5 Å². The highest BCUT2D eigenvalue weighted by Crippen LogP contribution is 2.33. The highest BCUT2D eigenvalue weighted by molar-refractivity contribution is 9.10. The fraction of sp³-hybridized carbons (Fsp3) is 0.250. The lowest BCUT2D eigenvalue weighted by Crippen LogP contribution is -2.16. The van der Waals surface area contributed by atoms with Gasteiger partial charge in [0.15, 0.2) is 0 Å². The predicted octanol–water partition coefficient (Wildman–Crippen LogP) is 5.21. The number of rotatable bonds is 2. The molecule has 1 atom stereocenters. The third kappa shape index (κ3) is 2.90. The van der Waals surface area contributed by atoms with Crippen molar-refractivity contribution in [2.75, 3.05) is 0 Å². The van der Waals surface area contributed by atoms with Gasteiger partial charge in [0.2, 0.25) is 0 Å². The molecule has 0 saturated carbocycles. The van der Waals surface area contributed by atoms with Crippen LogP contribution in [0.2, 0.25) is 5.02 Å². The molecule has 0 fully saturated rings. The van der Waals surface area contributed by atoms with Crippen molar-refractivity contribution >= 4 is 27.5 Å². The number of hydrogen-bond acceptors (Lipinski definition) is 1. The Labute approximate surface area is 132 Å². The molecule has 0 amide bonds. The van der Waals surface area contributed by atoms with Crippen molar-refractivity contribution in [2.24, 2.45) is 5.73 Å². The minimum Gasteiger partial charge on any atom is -0.320 e. The molecular weight excluding hydrogens is 341 g/mol. The lowest BCUT2D eigenvalue weighted by molar-refractivity contribution is 0.598. The number of benzene rings is 2. The first-order valence-corrected chi connectivity index (χ1v) is 7.46. The molecule has 0 saturated heterocycles. The summed E-state index contributed by atoms with van der Waals surface area (Å²) in [4.78, 5) is 0. The number of hydrogen-bond donors (Lipinski definition) is 1. The minimum absolute atomic E-state index is 0.354. The molecule has 20 heavy (non-hydrogen) atoms. The maximum absolute atomic E-state index is 14.1. The van der Waals surface area contributed by atoms with Crippen LogP contribution >= 0.6 is 27.5 Å². The second-order valence-electron chi connectivity index (χ2n) is 5.08. The van der Waals surface area contributed by atoms with Crippen LogP contribution in [-0.2, 0) is 0 Å². The second kappa shape index (κ2) is 5.84. The Morgan fingerprint density at radius 1 is 1.10 bits per heavy atom. The molecule has 0 bridgehead atoms. The van der Waals surface area contributed by atoms with Crippen molar-refractivity contribution in [1.29, 1.82) is 0 Å². The fourth-order valence-electron chi connectivity index (χ4n) is 2.61. The summed E-state index contributed by atoms with van der Waals surface area (Å²) in [6.45, 7) is 6.02. The summed E-state index contributed by atoms with van der Waals surface area (Å²) in [6.07, 6.45) is 0. The maximum Gasteiger partial charge on any atom is 0.129 e. The van der Waals surface area contributed by atoms with Crippen LogP contribution in [0.3, 0.4) is 0 Å². The Balaban J connectivity index is 2.57. The van der Waals surface area contributed by atoms with Crippen LogP contribution in [0.4, 0.5) is 4.39 Å². The van der Waals surface area contributed by atoms with Crippen molar-refractivity contribution in [3.8, 4) is 0 Å². The van der Waals surface area contributed by atoms with Crippen molar-refractivity contribution < 1.29 is 4.39 Å². The molecule has 0 spiro atoms. The highest BCUT2D eigenvalue weighted by atomic mass is 79.9. The third-order valence-corrected chi connectivity index (χ3v) is 4.62. The van der Waals surface area contributed by atoms with Crippen LogP contribution in [0.15, 0.2) is 28.7 Å². The summed E-state index contributed by atoms with van der Waals surface area (Å²) in [5.74, 6) is -0.354. The SMILES string of the molecule is Cc1cc(C)c(C(N)c2cc(Cl)c(Br)cc2F)c(C)c1. The Morgan fingerprint density at radius 3 is 2.20 bits per heavy atom. The van der Waals surface area contributed by atoms with Crippen molar-refractivity contribution in [3.63, 3.8) is 0 Å². The average Bonchev–Trinajstić information content (AvgIpc) is 2.32. The molecule has 0 heterocycles. The molecule has 2 aromatic rings. The van der Waals surface area contributed by atoms with E-state index in [0.717, 1.165) is 16.7 Å². The van der Waals surface area contributed by atoms with Crippen LogP contribution in [0.1, 0.15) is 33.9 Å². The molecule has 0 aliphatic heterocycles. The summed E-state index contributed by atoms with van der Waals surface area (Å²) < 4.78 is 14.7. The van der Waals surface area contributed by atoms with Gasteiger partial charge in [0, 0.05) is 10.0 Å². The summed E-state index contributed by atoms with van der Waals surface area (Å²) in [7, 11) is 0. The zero-order valence-electron chi connectivity index (χ0n) is 11.6. The Morgan fingerprint density at radius 2 is 1.65 bits per heavy atom. The van der Waals surface area contributed by atoms with Crippen LogP contribution in [0.25, 0.3) is 0 Å². The van der Waals surface area contributed by atoms with E-state index >= 15 is 0 Å². The number of halogens is 3. The van der Waals surface area contributed by atoms with E-state index in [9.17, 15) is 4.39 Å². The van der Waals surface area contributed by atoms with Gasteiger partial charge in [0.1, 0.15) is 5.82 Å². The molecule has 0 aliphatic carbocycles. The smallest absolute Gasteiger partial charge is 0.129 e. The lowest BCUT2D eigenvalue weighted by atomic mass is 9.90. The van der Waals surface area contributed by atoms with Gasteiger partial charge in [0.25, 0.3) is 0 Å². The number of aryl methyl sites for hydroxylation is 3. The minimum atomic E-state index is -0.527. The van der Waals surface area contributed by atoms with Crippen molar-refractivity contribution in [2.45, 2.75) is 26.8 Å². The molecule has 0 radical (unpaired) electrons. The maximum atomic E-state index is 14.1. The molecular formula is C16H16BrClFN. The first kappa shape index (κ1) is 15.5. The van der Waals surface area contributed by atoms with Gasteiger partial charge in [0.05, 0.1) is 11.1 Å². The first-order chi connectivity index (χ1) is 9.31. The topological polar surface area (TPSA) is 26.0 Å². The van der Waals surface area contributed by atoms with Crippen LogP contribution in [0, 0.1) is 26.6 Å². The van der Waals surface area contributed by atoms with Gasteiger partial charge in [-0.15, -0.1) is 0 Å². The van der Waals surface area contributed by atoms with Gasteiger partial charge < -0.3 is 5.73 Å². The normalized spacial score (nSPS) is 12.6. The zero-order valence-corrected chi connectivity index (χ0v) is 13.9. The Hall–Kier alpha value is -0.900. The Kier molecular flexibility index (Phi) is 4.52. The molecule has 2 rings (SSSR count). The Bertz CT molecular complexity index is 647. The largest absolute Gasteiger partial charge is 0.320 e. The van der Waals surface area contributed by atoms with Gasteiger partial charge in [-0.1, -0.05) is 29.3 Å². The molecule has 1 unspecified atom stereocenters. The van der Waals surface area contributed by atoms with E-state index in [4.69, 9.17) is 17.3 Å². The van der Waals surface area contributed by atoms with E-state index in [2.05, 4.69) is 28.1 Å². The summed E-state index contributed by atoms with van der Waals surface area (Å²) in [6, 6.07) is 6.53. The van der Waals surface area contributed by atoms with Crippen molar-refractivity contribution in [3.05, 3.63) is 67.4 Å². The molecule has 4 heteroatoms. The molecule has 0 aliphatic rings. The predicted molar refractivity (Wildman–Crippen MR) is 85.8 cm³/mol. The van der Waals surface area contributed by atoms with Gasteiger partial charge in [-0.2, -0.15) is 0 Å². The monoisotopic (exact) mass is 355 g/mol. The van der Waals surface area contributed by atoms with Gasteiger partial charge >= 0.3 is 0 Å². The van der Waals surface area contributed by atoms with Gasteiger partial charge in [-0.25, -0.2) is 4.39 Å². The molecule has 106 valence electrons. The molecule has 2 N–H and O–H groups in total. The lowest BCUT2D eigenvalue weighted by Gasteiger charge is -2.20.